The van der Waals surface area contributed by atoms with E-state index in [1.807, 2.05) is 11.1 Å². The predicted molar refractivity (Wildman–Crippen MR) is 135 cm³/mol. The fraction of sp³-hybridized carbons (Fsp3) is 0.828. The molecule has 0 spiro atoms. The predicted octanol–water partition coefficient (Wildman–Crippen LogP) is 5.57. The zero-order chi connectivity index (χ0) is 23.2. The largest absolute Gasteiger partial charge is 0.304 e. The van der Waals surface area contributed by atoms with Crippen molar-refractivity contribution in [2.75, 3.05) is 33.2 Å². The van der Waals surface area contributed by atoms with E-state index in [-0.39, 0.29) is 5.91 Å². The molecule has 5 aliphatic rings. The van der Waals surface area contributed by atoms with E-state index in [0.717, 1.165) is 38.5 Å². The fourth-order valence-corrected chi connectivity index (χ4v) is 8.54. The van der Waals surface area contributed by atoms with E-state index < -0.39 is 0 Å². The minimum absolute atomic E-state index is 0.201. The summed E-state index contributed by atoms with van der Waals surface area (Å²) in [6.45, 7) is 11.5. The highest BCUT2D eigenvalue weighted by molar-refractivity contribution is 5.75. The quantitative estimate of drug-likeness (QED) is 0.553. The van der Waals surface area contributed by atoms with Gasteiger partial charge >= 0.3 is 0 Å². The second-order valence-electron chi connectivity index (χ2n) is 12.6. The molecular formula is C29H47N3O. The van der Waals surface area contributed by atoms with Gasteiger partial charge in [0.15, 0.2) is 0 Å². The van der Waals surface area contributed by atoms with Gasteiger partial charge in [0.05, 0.1) is 0 Å². The third-order valence-corrected chi connectivity index (χ3v) is 10.7. The number of nitrogens with one attached hydrogen (secondary N) is 1. The number of nitrogens with zero attached hydrogens (tertiary/aromatic N) is 2. The molecular weight excluding hydrogens is 406 g/mol. The lowest BCUT2D eigenvalue weighted by atomic mass is 9.50. The van der Waals surface area contributed by atoms with Gasteiger partial charge in [-0.25, -0.2) is 5.01 Å². The van der Waals surface area contributed by atoms with E-state index in [9.17, 15) is 4.79 Å². The highest BCUT2D eigenvalue weighted by atomic mass is 16.2. The van der Waals surface area contributed by atoms with Crippen LogP contribution < -0.4 is 5.43 Å². The van der Waals surface area contributed by atoms with E-state index in [2.05, 4.69) is 55.3 Å². The normalized spacial score (nSPS) is 40.2. The molecule has 0 aromatic heterocycles. The Kier molecular flexibility index (Phi) is 6.54. The first-order chi connectivity index (χ1) is 15.8. The van der Waals surface area contributed by atoms with Crippen LogP contribution in [0.2, 0.25) is 0 Å². The zero-order valence-corrected chi connectivity index (χ0v) is 21.7. The van der Waals surface area contributed by atoms with Crippen molar-refractivity contribution >= 4 is 5.91 Å². The van der Waals surface area contributed by atoms with Crippen molar-refractivity contribution in [3.63, 3.8) is 0 Å². The van der Waals surface area contributed by atoms with Crippen molar-refractivity contribution in [3.8, 4) is 0 Å². The molecule has 184 valence electrons. The maximum atomic E-state index is 12.6. The van der Waals surface area contributed by atoms with Crippen LogP contribution >= 0.6 is 0 Å². The van der Waals surface area contributed by atoms with Gasteiger partial charge in [-0.05, 0) is 80.6 Å². The maximum Gasteiger partial charge on any atom is 0.234 e. The highest BCUT2D eigenvalue weighted by Crippen LogP contribution is 2.64. The molecule has 1 N–H and O–H groups in total. The average molecular weight is 454 g/mol. The summed E-state index contributed by atoms with van der Waals surface area (Å²) < 4.78 is 0. The number of carbonyl (C=O) groups excluding carboxylic acids is 1. The summed E-state index contributed by atoms with van der Waals surface area (Å²) in [7, 11) is 2.15. The monoisotopic (exact) mass is 453 g/mol. The van der Waals surface area contributed by atoms with Crippen LogP contribution in [-0.4, -0.2) is 49.0 Å². The topological polar surface area (TPSA) is 35.6 Å². The second kappa shape index (κ2) is 9.15. The molecule has 2 fully saturated rings. The number of likely N-dealkylation sites (N-methyl/N-ethyl adjacent to an activating group) is 1. The number of rotatable bonds is 5. The van der Waals surface area contributed by atoms with E-state index in [1.54, 1.807) is 0 Å². The van der Waals surface area contributed by atoms with Gasteiger partial charge in [-0.3, -0.25) is 10.2 Å². The van der Waals surface area contributed by atoms with Crippen LogP contribution in [0.1, 0.15) is 85.0 Å². The smallest absolute Gasteiger partial charge is 0.234 e. The van der Waals surface area contributed by atoms with Crippen LogP contribution in [0.5, 0.6) is 0 Å². The number of amides is 1. The lowest BCUT2D eigenvalue weighted by Gasteiger charge is -2.54. The lowest BCUT2D eigenvalue weighted by Crippen LogP contribution is -2.52. The number of piperazine rings is 1. The van der Waals surface area contributed by atoms with Crippen molar-refractivity contribution in [1.82, 2.24) is 15.3 Å². The average Bonchev–Trinajstić information content (AvgIpc) is 3.16. The molecule has 4 heteroatoms. The van der Waals surface area contributed by atoms with E-state index in [0.29, 0.717) is 35.0 Å². The standard InChI is InChI=1S/C29H47N3O/c1-21(8-13-27(33)30-32-19-17-31(4)18-20-32)24-11-12-25-23-10-9-22-7-5-6-15-28(22,2)26(23)14-16-29(24,25)3/h11-12,21-22,24-25H,5-10,13-20H2,1-4H3,(H,30,33)/t21-,22?,24-,25-,28+,29-/m1/s1. The van der Waals surface area contributed by atoms with Crippen LogP contribution in [-0.2, 0) is 4.79 Å². The summed E-state index contributed by atoms with van der Waals surface area (Å²) in [4.78, 5) is 15.0. The third kappa shape index (κ3) is 4.24. The molecule has 4 nitrogen and oxygen atoms in total. The summed E-state index contributed by atoms with van der Waals surface area (Å²) in [5.41, 5.74) is 7.72. The minimum Gasteiger partial charge on any atom is -0.304 e. The van der Waals surface area contributed by atoms with Crippen LogP contribution in [0.3, 0.4) is 0 Å². The molecule has 6 atom stereocenters. The molecule has 1 heterocycles. The molecule has 1 saturated carbocycles. The fourth-order valence-electron chi connectivity index (χ4n) is 8.54. The Hall–Kier alpha value is -1.13. The Labute approximate surface area is 202 Å². The Balaban J connectivity index is 1.21. The number of allylic oxidation sites excluding steroid dienone is 4. The van der Waals surface area contributed by atoms with Crippen molar-refractivity contribution in [2.45, 2.75) is 85.0 Å². The Morgan fingerprint density at radius 3 is 2.67 bits per heavy atom. The van der Waals surface area contributed by atoms with E-state index in [4.69, 9.17) is 0 Å². The summed E-state index contributed by atoms with van der Waals surface area (Å²) in [5, 5.41) is 2.11. The Morgan fingerprint density at radius 2 is 1.88 bits per heavy atom. The van der Waals surface area contributed by atoms with Crippen LogP contribution in [0, 0.1) is 34.5 Å². The molecule has 4 aliphatic carbocycles. The van der Waals surface area contributed by atoms with Gasteiger partial charge in [0.1, 0.15) is 0 Å². The number of hydrazine groups is 1. The van der Waals surface area contributed by atoms with E-state index >= 15 is 0 Å². The second-order valence-corrected chi connectivity index (χ2v) is 12.6. The lowest BCUT2D eigenvalue weighted by molar-refractivity contribution is -0.127. The number of carbonyl (C=O) groups is 1. The van der Waals surface area contributed by atoms with E-state index in [1.165, 1.54) is 51.4 Å². The van der Waals surface area contributed by atoms with Gasteiger partial charge in [-0.15, -0.1) is 0 Å². The third-order valence-electron chi connectivity index (χ3n) is 10.7. The highest BCUT2D eigenvalue weighted by Gasteiger charge is 2.53. The molecule has 0 bridgehead atoms. The summed E-state index contributed by atoms with van der Waals surface area (Å²) >= 11 is 0. The number of fused-ring (bicyclic) bond motifs is 4. The molecule has 0 aromatic carbocycles. The zero-order valence-electron chi connectivity index (χ0n) is 21.7. The van der Waals surface area contributed by atoms with Crippen molar-refractivity contribution in [1.29, 1.82) is 0 Å². The first-order valence-corrected chi connectivity index (χ1v) is 13.9. The molecule has 1 unspecified atom stereocenters. The Morgan fingerprint density at radius 1 is 1.09 bits per heavy atom. The molecule has 1 aliphatic heterocycles. The molecule has 0 aromatic rings. The Bertz CT molecular complexity index is 810. The van der Waals surface area contributed by atoms with Crippen LogP contribution in [0.4, 0.5) is 0 Å². The first kappa shape index (κ1) is 23.6. The van der Waals surface area contributed by atoms with Crippen molar-refractivity contribution < 1.29 is 4.79 Å². The van der Waals surface area contributed by atoms with Gasteiger partial charge in [-0.2, -0.15) is 0 Å². The molecule has 0 radical (unpaired) electrons. The number of hydrogen-bond acceptors (Lipinski definition) is 3. The van der Waals surface area contributed by atoms with Crippen LogP contribution in [0.15, 0.2) is 23.3 Å². The number of hydrogen-bond donors (Lipinski definition) is 1. The molecule has 1 amide bonds. The van der Waals surface area contributed by atoms with Gasteiger partial charge in [0.2, 0.25) is 5.91 Å². The minimum atomic E-state index is 0.201. The van der Waals surface area contributed by atoms with Crippen molar-refractivity contribution in [2.24, 2.45) is 34.5 Å². The summed E-state index contributed by atoms with van der Waals surface area (Å²) in [6.07, 6.45) is 18.0. The van der Waals surface area contributed by atoms with Crippen LogP contribution in [0.25, 0.3) is 0 Å². The van der Waals surface area contributed by atoms with Gasteiger partial charge < -0.3 is 4.90 Å². The summed E-state index contributed by atoms with van der Waals surface area (Å²) in [5.74, 6) is 2.94. The molecule has 1 saturated heterocycles. The first-order valence-electron chi connectivity index (χ1n) is 13.9. The SMILES string of the molecule is C[C@H](CCC(=O)NN1CCN(C)CC1)[C@H]1C=C[C@@H]2C3=C(CC[C@@]21C)[C@@]1(C)CCCCC1CC3. The molecule has 33 heavy (non-hydrogen) atoms. The summed E-state index contributed by atoms with van der Waals surface area (Å²) in [6, 6.07) is 0. The van der Waals surface area contributed by atoms with Crippen molar-refractivity contribution in [3.05, 3.63) is 23.3 Å². The van der Waals surface area contributed by atoms with Gasteiger partial charge in [0.25, 0.3) is 0 Å². The van der Waals surface area contributed by atoms with Gasteiger partial charge in [0, 0.05) is 38.5 Å². The van der Waals surface area contributed by atoms with Gasteiger partial charge in [-0.1, -0.05) is 56.9 Å². The maximum absolute atomic E-state index is 12.6. The molecule has 5 rings (SSSR count).